The van der Waals surface area contributed by atoms with Crippen LogP contribution in [-0.4, -0.2) is 52.2 Å². The van der Waals surface area contributed by atoms with Gasteiger partial charge in [0.05, 0.1) is 0 Å². The maximum Gasteiger partial charge on any atom is 1.00 e. The molecule has 2 saturated heterocycles. The van der Waals surface area contributed by atoms with E-state index in [2.05, 4.69) is 5.32 Å². The molecule has 1 unspecified atom stereocenters. The van der Waals surface area contributed by atoms with Crippen LogP contribution in [0.1, 0.15) is 19.3 Å². The Labute approximate surface area is 157 Å². The molecule has 0 aromatic rings. The topological polar surface area (TPSA) is 137 Å². The normalized spacial score (nSPS) is 21.1. The van der Waals surface area contributed by atoms with Crippen molar-refractivity contribution < 1.29 is 76.0 Å². The van der Waals surface area contributed by atoms with Crippen LogP contribution in [0.3, 0.4) is 0 Å². The van der Waals surface area contributed by atoms with Gasteiger partial charge in [-0.15, -0.1) is 0 Å². The van der Waals surface area contributed by atoms with E-state index in [1.54, 1.807) is 0 Å². The predicted molar refractivity (Wildman–Crippen MR) is 58.2 cm³/mol. The van der Waals surface area contributed by atoms with Crippen molar-refractivity contribution in [1.29, 1.82) is 5.26 Å². The SMILES string of the molecule is N#C[O-].O=C1CN(C2CCCCN2C(=O)O)C(=O)N1.[K+]. The molecule has 2 heterocycles. The number of carbonyl (C=O) groups excluding carboxylic acids is 2. The average molecular weight is 308 g/mol. The quantitative estimate of drug-likeness (QED) is 0.287. The molecule has 2 aliphatic rings. The van der Waals surface area contributed by atoms with Crippen molar-refractivity contribution in [3.05, 3.63) is 0 Å². The fourth-order valence-corrected chi connectivity index (χ4v) is 2.16. The van der Waals surface area contributed by atoms with Gasteiger partial charge in [-0.1, -0.05) is 0 Å². The standard InChI is InChI=1S/C9H13N3O4.CHNO.K/c13-6-5-12(8(14)10-6)7-3-1-2-4-11(7)9(15)16;2-1-3;/h7H,1-5H2,(H,15,16)(H,10,13,14);3H;/q;;+1/p-1. The molecule has 0 saturated carbocycles. The van der Waals surface area contributed by atoms with E-state index in [0.717, 1.165) is 12.8 Å². The molecule has 0 aromatic heterocycles. The summed E-state index contributed by atoms with van der Waals surface area (Å²) in [5.41, 5.74) is 0. The van der Waals surface area contributed by atoms with Crippen LogP contribution in [0.25, 0.3) is 0 Å². The van der Waals surface area contributed by atoms with E-state index in [1.807, 2.05) is 0 Å². The Balaban J connectivity index is 0.000000830. The van der Waals surface area contributed by atoms with Crippen molar-refractivity contribution in [3.8, 4) is 6.26 Å². The van der Waals surface area contributed by atoms with Gasteiger partial charge in [-0.3, -0.25) is 19.9 Å². The number of rotatable bonds is 1. The summed E-state index contributed by atoms with van der Waals surface area (Å²) in [6.07, 6.45) is 1.21. The van der Waals surface area contributed by atoms with Crippen LogP contribution in [0.15, 0.2) is 0 Å². The first kappa shape index (κ1) is 19.1. The minimum atomic E-state index is -1.04. The molecule has 0 aliphatic carbocycles. The second kappa shape index (κ2) is 9.14. The molecule has 0 bridgehead atoms. The molecule has 1 atom stereocenters. The van der Waals surface area contributed by atoms with Crippen LogP contribution in [0.5, 0.6) is 0 Å². The van der Waals surface area contributed by atoms with E-state index in [-0.39, 0.29) is 63.8 Å². The fraction of sp³-hybridized carbons (Fsp3) is 0.600. The summed E-state index contributed by atoms with van der Waals surface area (Å²) in [7, 11) is 0. The number of amides is 4. The molecule has 2 N–H and O–H groups in total. The molecule has 0 spiro atoms. The number of hydrogen-bond acceptors (Lipinski definition) is 5. The maximum atomic E-state index is 11.4. The molecule has 20 heavy (non-hydrogen) atoms. The third kappa shape index (κ3) is 4.91. The van der Waals surface area contributed by atoms with Crippen LogP contribution in [0.4, 0.5) is 9.59 Å². The zero-order chi connectivity index (χ0) is 14.4. The third-order valence-electron chi connectivity index (χ3n) is 2.90. The number of urea groups is 1. The second-order valence-corrected chi connectivity index (χ2v) is 4.02. The predicted octanol–water partition coefficient (Wildman–Crippen LogP) is -4.14. The Morgan fingerprint density at radius 3 is 2.50 bits per heavy atom. The first-order chi connectivity index (χ1) is 9.01. The summed E-state index contributed by atoms with van der Waals surface area (Å²) in [5, 5.41) is 26.2. The minimum Gasteiger partial charge on any atom is -0.812 e. The average Bonchev–Trinajstić information content (AvgIpc) is 2.69. The summed E-state index contributed by atoms with van der Waals surface area (Å²) in [4.78, 5) is 36.0. The summed E-state index contributed by atoms with van der Waals surface area (Å²) >= 11 is 0. The van der Waals surface area contributed by atoms with E-state index >= 15 is 0 Å². The second-order valence-electron chi connectivity index (χ2n) is 4.02. The monoisotopic (exact) mass is 308 g/mol. The van der Waals surface area contributed by atoms with Crippen molar-refractivity contribution in [3.63, 3.8) is 0 Å². The van der Waals surface area contributed by atoms with Crippen molar-refractivity contribution in [2.75, 3.05) is 13.1 Å². The fourth-order valence-electron chi connectivity index (χ4n) is 2.16. The Bertz CT molecular complexity index is 424. The molecular weight excluding hydrogens is 295 g/mol. The van der Waals surface area contributed by atoms with E-state index in [4.69, 9.17) is 15.5 Å². The van der Waals surface area contributed by atoms with Gasteiger partial charge < -0.3 is 10.2 Å². The van der Waals surface area contributed by atoms with E-state index in [0.29, 0.717) is 19.2 Å². The largest absolute Gasteiger partial charge is 1.00 e. The molecule has 4 amide bonds. The molecule has 10 heteroatoms. The van der Waals surface area contributed by atoms with Crippen LogP contribution < -0.4 is 61.8 Å². The minimum absolute atomic E-state index is 0. The Morgan fingerprint density at radius 1 is 1.45 bits per heavy atom. The number of carboxylic acid groups (broad SMARTS) is 1. The van der Waals surface area contributed by atoms with Gasteiger partial charge in [0.2, 0.25) is 5.91 Å². The van der Waals surface area contributed by atoms with E-state index < -0.39 is 18.3 Å². The summed E-state index contributed by atoms with van der Waals surface area (Å²) in [6, 6.07) is -0.497. The summed E-state index contributed by atoms with van der Waals surface area (Å²) in [5.74, 6) is -0.374. The van der Waals surface area contributed by atoms with Gasteiger partial charge in [-0.25, -0.2) is 14.9 Å². The number of hydrogen-bond donors (Lipinski definition) is 2. The Morgan fingerprint density at radius 2 is 2.05 bits per heavy atom. The summed E-state index contributed by atoms with van der Waals surface area (Å²) < 4.78 is 0. The number of carbonyl (C=O) groups is 3. The number of nitriles is 1. The number of likely N-dealkylation sites (tertiary alicyclic amines) is 1. The molecular formula is C10H13KN4O5. The van der Waals surface area contributed by atoms with Crippen molar-refractivity contribution in [2.24, 2.45) is 0 Å². The number of piperidine rings is 1. The molecule has 104 valence electrons. The zero-order valence-corrected chi connectivity index (χ0v) is 14.2. The van der Waals surface area contributed by atoms with Gasteiger partial charge in [0, 0.05) is 12.8 Å². The van der Waals surface area contributed by atoms with Crippen LogP contribution in [0.2, 0.25) is 0 Å². The summed E-state index contributed by atoms with van der Waals surface area (Å²) in [6.45, 7) is 0.366. The van der Waals surface area contributed by atoms with Gasteiger partial charge in [0.25, 0.3) is 0 Å². The molecule has 0 radical (unpaired) electrons. The van der Waals surface area contributed by atoms with Gasteiger partial charge in [0.1, 0.15) is 12.7 Å². The molecule has 2 fully saturated rings. The Kier molecular flexibility index (Phi) is 8.75. The molecule has 9 nitrogen and oxygen atoms in total. The maximum absolute atomic E-state index is 11.4. The van der Waals surface area contributed by atoms with Crippen molar-refractivity contribution in [1.82, 2.24) is 15.1 Å². The van der Waals surface area contributed by atoms with E-state index in [1.165, 1.54) is 9.80 Å². The van der Waals surface area contributed by atoms with Crippen LogP contribution >= 0.6 is 0 Å². The zero-order valence-electron chi connectivity index (χ0n) is 11.0. The molecule has 0 aromatic carbocycles. The van der Waals surface area contributed by atoms with Crippen molar-refractivity contribution >= 4 is 18.0 Å². The van der Waals surface area contributed by atoms with Gasteiger partial charge >= 0.3 is 63.5 Å². The molecule has 2 rings (SSSR count). The van der Waals surface area contributed by atoms with Gasteiger partial charge in [-0.05, 0) is 19.3 Å². The Hall–Kier alpha value is -0.864. The molecule has 2 aliphatic heterocycles. The van der Waals surface area contributed by atoms with Crippen LogP contribution in [0, 0.1) is 11.5 Å². The number of nitrogens with zero attached hydrogens (tertiary/aromatic N) is 3. The van der Waals surface area contributed by atoms with Gasteiger partial charge in [0.15, 0.2) is 0 Å². The number of nitrogens with one attached hydrogen (secondary N) is 1. The van der Waals surface area contributed by atoms with E-state index in [9.17, 15) is 14.4 Å². The van der Waals surface area contributed by atoms with Crippen molar-refractivity contribution in [2.45, 2.75) is 25.4 Å². The smallest absolute Gasteiger partial charge is 0.812 e. The number of imide groups is 1. The van der Waals surface area contributed by atoms with Gasteiger partial charge in [-0.2, -0.15) is 0 Å². The first-order valence-corrected chi connectivity index (χ1v) is 5.62. The first-order valence-electron chi connectivity index (χ1n) is 5.62. The third-order valence-corrected chi connectivity index (χ3v) is 2.90. The van der Waals surface area contributed by atoms with Crippen LogP contribution in [-0.2, 0) is 4.79 Å².